The largest absolute Gasteiger partial charge is 0.465 e. The Balaban J connectivity index is 2.05. The summed E-state index contributed by atoms with van der Waals surface area (Å²) in [4.78, 5) is 19.2. The molecule has 94 valence electrons. The number of methoxy groups -OCH3 is 1. The van der Waals surface area contributed by atoms with Gasteiger partial charge < -0.3 is 14.5 Å². The van der Waals surface area contributed by atoms with Crippen LogP contribution in [0.3, 0.4) is 0 Å². The highest BCUT2D eigenvalue weighted by atomic mass is 16.5. The van der Waals surface area contributed by atoms with Gasteiger partial charge in [0.25, 0.3) is 0 Å². The van der Waals surface area contributed by atoms with Gasteiger partial charge in [-0.2, -0.15) is 0 Å². The molecule has 6 heteroatoms. The van der Waals surface area contributed by atoms with E-state index in [1.165, 1.54) is 13.4 Å². The third-order valence-corrected chi connectivity index (χ3v) is 2.40. The SMILES string of the molecule is COC(=O)c1cc(CNc2cncnc2)oc1C. The minimum absolute atomic E-state index is 0.398. The predicted octanol–water partition coefficient (Wildman–Crippen LogP) is 1.78. The van der Waals surface area contributed by atoms with E-state index in [-0.39, 0.29) is 0 Å². The van der Waals surface area contributed by atoms with E-state index < -0.39 is 5.97 Å². The molecule has 0 unspecified atom stereocenters. The molecular weight excluding hydrogens is 234 g/mol. The molecule has 6 nitrogen and oxygen atoms in total. The van der Waals surface area contributed by atoms with Gasteiger partial charge in [0.15, 0.2) is 0 Å². The van der Waals surface area contributed by atoms with Crippen molar-refractivity contribution in [3.05, 3.63) is 41.9 Å². The number of furan rings is 1. The van der Waals surface area contributed by atoms with Crippen LogP contribution in [-0.4, -0.2) is 23.0 Å². The Morgan fingerprint density at radius 2 is 2.17 bits per heavy atom. The zero-order valence-electron chi connectivity index (χ0n) is 10.1. The monoisotopic (exact) mass is 247 g/mol. The number of esters is 1. The van der Waals surface area contributed by atoms with Gasteiger partial charge >= 0.3 is 5.97 Å². The molecule has 0 aliphatic rings. The number of anilines is 1. The molecule has 2 heterocycles. The summed E-state index contributed by atoms with van der Waals surface area (Å²) in [5.74, 6) is 0.797. The number of aryl methyl sites for hydroxylation is 1. The first kappa shape index (κ1) is 12.1. The van der Waals surface area contributed by atoms with Crippen LogP contribution in [0.5, 0.6) is 0 Å². The first-order valence-corrected chi connectivity index (χ1v) is 5.37. The van der Waals surface area contributed by atoms with E-state index in [0.29, 0.717) is 23.6 Å². The van der Waals surface area contributed by atoms with Gasteiger partial charge in [0, 0.05) is 0 Å². The molecule has 0 saturated carbocycles. The van der Waals surface area contributed by atoms with Gasteiger partial charge in [-0.3, -0.25) is 0 Å². The van der Waals surface area contributed by atoms with Crippen molar-refractivity contribution in [1.82, 2.24) is 9.97 Å². The van der Waals surface area contributed by atoms with Crippen molar-refractivity contribution in [1.29, 1.82) is 0 Å². The van der Waals surface area contributed by atoms with Crippen molar-refractivity contribution >= 4 is 11.7 Å². The van der Waals surface area contributed by atoms with Crippen LogP contribution >= 0.6 is 0 Å². The van der Waals surface area contributed by atoms with Gasteiger partial charge in [-0.05, 0) is 13.0 Å². The number of nitrogens with zero attached hydrogens (tertiary/aromatic N) is 2. The number of nitrogens with one attached hydrogen (secondary N) is 1. The molecule has 0 bridgehead atoms. The van der Waals surface area contributed by atoms with Crippen LogP contribution in [0.2, 0.25) is 0 Å². The Hall–Kier alpha value is -2.37. The number of carbonyl (C=O) groups excluding carboxylic acids is 1. The van der Waals surface area contributed by atoms with E-state index in [0.717, 1.165) is 5.69 Å². The maximum Gasteiger partial charge on any atom is 0.341 e. The smallest absolute Gasteiger partial charge is 0.341 e. The molecule has 0 saturated heterocycles. The highest BCUT2D eigenvalue weighted by Gasteiger charge is 2.14. The fourth-order valence-corrected chi connectivity index (χ4v) is 1.52. The van der Waals surface area contributed by atoms with Crippen LogP contribution in [0.15, 0.2) is 29.2 Å². The van der Waals surface area contributed by atoms with Crippen molar-refractivity contribution in [3.63, 3.8) is 0 Å². The molecule has 0 atom stereocenters. The fraction of sp³-hybridized carbons (Fsp3) is 0.250. The lowest BCUT2D eigenvalue weighted by molar-refractivity contribution is 0.0599. The summed E-state index contributed by atoms with van der Waals surface area (Å²) >= 11 is 0. The van der Waals surface area contributed by atoms with E-state index in [2.05, 4.69) is 20.0 Å². The van der Waals surface area contributed by atoms with Crippen molar-refractivity contribution in [3.8, 4) is 0 Å². The zero-order chi connectivity index (χ0) is 13.0. The van der Waals surface area contributed by atoms with Crippen LogP contribution in [-0.2, 0) is 11.3 Å². The molecular formula is C12H13N3O3. The Labute approximate surface area is 104 Å². The Bertz CT molecular complexity index is 537. The Morgan fingerprint density at radius 3 is 2.83 bits per heavy atom. The Kier molecular flexibility index (Phi) is 3.57. The summed E-state index contributed by atoms with van der Waals surface area (Å²) in [6.07, 6.45) is 4.77. The van der Waals surface area contributed by atoms with Crippen molar-refractivity contribution < 1.29 is 13.9 Å². The quantitative estimate of drug-likeness (QED) is 0.830. The standard InChI is InChI=1S/C12H13N3O3/c1-8-11(12(16)17-2)3-10(18-8)6-15-9-4-13-7-14-5-9/h3-5,7,15H,6H2,1-2H3. The molecule has 2 aromatic heterocycles. The average molecular weight is 247 g/mol. The molecule has 2 rings (SSSR count). The zero-order valence-corrected chi connectivity index (χ0v) is 10.1. The normalized spacial score (nSPS) is 10.1. The minimum atomic E-state index is -0.398. The summed E-state index contributed by atoms with van der Waals surface area (Å²) in [5, 5.41) is 3.09. The molecule has 0 aliphatic heterocycles. The lowest BCUT2D eigenvalue weighted by Gasteiger charge is -2.01. The first-order valence-electron chi connectivity index (χ1n) is 5.37. The molecule has 0 aliphatic carbocycles. The van der Waals surface area contributed by atoms with Gasteiger partial charge in [0.1, 0.15) is 23.4 Å². The van der Waals surface area contributed by atoms with E-state index in [1.54, 1.807) is 25.4 Å². The molecule has 0 fully saturated rings. The van der Waals surface area contributed by atoms with Gasteiger partial charge in [0.05, 0.1) is 31.7 Å². The second-order valence-corrected chi connectivity index (χ2v) is 3.65. The van der Waals surface area contributed by atoms with E-state index >= 15 is 0 Å². The number of hydrogen-bond acceptors (Lipinski definition) is 6. The van der Waals surface area contributed by atoms with Crippen molar-refractivity contribution in [2.45, 2.75) is 13.5 Å². The van der Waals surface area contributed by atoms with Crippen LogP contribution < -0.4 is 5.32 Å². The number of rotatable bonds is 4. The fourth-order valence-electron chi connectivity index (χ4n) is 1.52. The molecule has 0 aromatic carbocycles. The summed E-state index contributed by atoms with van der Waals surface area (Å²) in [7, 11) is 1.34. The maximum absolute atomic E-state index is 11.4. The predicted molar refractivity (Wildman–Crippen MR) is 64.1 cm³/mol. The van der Waals surface area contributed by atoms with Crippen molar-refractivity contribution in [2.24, 2.45) is 0 Å². The lowest BCUT2D eigenvalue weighted by atomic mass is 10.2. The molecule has 0 spiro atoms. The van der Waals surface area contributed by atoms with E-state index in [1.807, 2.05) is 0 Å². The summed E-state index contributed by atoms with van der Waals surface area (Å²) in [5.41, 5.74) is 1.23. The van der Waals surface area contributed by atoms with Crippen LogP contribution in [0.4, 0.5) is 5.69 Å². The van der Waals surface area contributed by atoms with Gasteiger partial charge in [0.2, 0.25) is 0 Å². The van der Waals surface area contributed by atoms with Crippen molar-refractivity contribution in [2.75, 3.05) is 12.4 Å². The second kappa shape index (κ2) is 5.31. The van der Waals surface area contributed by atoms with E-state index in [9.17, 15) is 4.79 Å². The molecule has 0 amide bonds. The van der Waals surface area contributed by atoms with Gasteiger partial charge in [-0.1, -0.05) is 0 Å². The molecule has 18 heavy (non-hydrogen) atoms. The number of ether oxygens (including phenoxy) is 1. The van der Waals surface area contributed by atoms with Crippen LogP contribution in [0.25, 0.3) is 0 Å². The number of carbonyl (C=O) groups is 1. The van der Waals surface area contributed by atoms with Gasteiger partial charge in [-0.25, -0.2) is 14.8 Å². The summed E-state index contributed by atoms with van der Waals surface area (Å²) < 4.78 is 10.1. The number of aromatic nitrogens is 2. The summed E-state index contributed by atoms with van der Waals surface area (Å²) in [6.45, 7) is 2.17. The average Bonchev–Trinajstić information content (AvgIpc) is 2.78. The molecule has 2 aromatic rings. The van der Waals surface area contributed by atoms with Gasteiger partial charge in [-0.15, -0.1) is 0 Å². The molecule has 1 N–H and O–H groups in total. The second-order valence-electron chi connectivity index (χ2n) is 3.65. The third-order valence-electron chi connectivity index (χ3n) is 2.40. The highest BCUT2D eigenvalue weighted by molar-refractivity contribution is 5.90. The number of hydrogen-bond donors (Lipinski definition) is 1. The maximum atomic E-state index is 11.4. The first-order chi connectivity index (χ1) is 8.70. The topological polar surface area (TPSA) is 77.2 Å². The van der Waals surface area contributed by atoms with Crippen LogP contribution in [0.1, 0.15) is 21.9 Å². The molecule has 0 radical (unpaired) electrons. The van der Waals surface area contributed by atoms with E-state index in [4.69, 9.17) is 4.42 Å². The lowest BCUT2D eigenvalue weighted by Crippen LogP contribution is -2.01. The highest BCUT2D eigenvalue weighted by Crippen LogP contribution is 2.16. The third kappa shape index (κ3) is 2.65. The summed E-state index contributed by atoms with van der Waals surface area (Å²) in [6, 6.07) is 1.66. The van der Waals surface area contributed by atoms with Crippen LogP contribution in [0, 0.1) is 6.92 Å². The minimum Gasteiger partial charge on any atom is -0.465 e. The Morgan fingerprint density at radius 1 is 1.44 bits per heavy atom.